The third-order valence-corrected chi connectivity index (χ3v) is 8.88. The Morgan fingerprint density at radius 1 is 0.667 bits per heavy atom. The molecule has 0 nitrogen and oxygen atoms in total. The van der Waals surface area contributed by atoms with Crippen LogP contribution in [0.3, 0.4) is 0 Å². The molecule has 0 N–H and O–H groups in total. The molecule has 0 saturated heterocycles. The van der Waals surface area contributed by atoms with Crippen molar-refractivity contribution in [1.82, 2.24) is 0 Å². The van der Waals surface area contributed by atoms with E-state index in [-0.39, 0.29) is 5.41 Å². The fourth-order valence-corrected chi connectivity index (χ4v) is 7.46. The summed E-state index contributed by atoms with van der Waals surface area (Å²) < 4.78 is 0. The molecule has 3 aliphatic rings. The molecule has 2 bridgehead atoms. The molecule has 182 valence electrons. The van der Waals surface area contributed by atoms with Crippen molar-refractivity contribution in [2.45, 2.75) is 76.5 Å². The molecule has 0 heterocycles. The largest absolute Gasteiger partial charge is 0.0990 e. The summed E-state index contributed by atoms with van der Waals surface area (Å²) in [6.45, 7) is 6.40. The Morgan fingerprint density at radius 3 is 1.78 bits per heavy atom. The lowest BCUT2D eigenvalue weighted by molar-refractivity contribution is 0.564. The number of hydrogen-bond acceptors (Lipinski definition) is 0. The van der Waals surface area contributed by atoms with Crippen LogP contribution < -0.4 is 0 Å². The summed E-state index contributed by atoms with van der Waals surface area (Å²) in [5.41, 5.74) is 14.4. The van der Waals surface area contributed by atoms with Crippen LogP contribution in [0, 0.1) is 0 Å². The van der Waals surface area contributed by atoms with E-state index in [1.807, 2.05) is 6.08 Å². The molecule has 36 heavy (non-hydrogen) atoms. The van der Waals surface area contributed by atoms with Gasteiger partial charge in [0.05, 0.1) is 5.41 Å². The summed E-state index contributed by atoms with van der Waals surface area (Å²) in [6, 6.07) is 23.3. The van der Waals surface area contributed by atoms with Crippen LogP contribution in [0.4, 0.5) is 0 Å². The first-order chi connectivity index (χ1) is 17.8. The lowest BCUT2D eigenvalue weighted by Gasteiger charge is -2.32. The molecule has 0 atom stereocenters. The number of aryl methyl sites for hydroxylation is 2. The predicted molar refractivity (Wildman–Crippen MR) is 154 cm³/mol. The molecule has 3 aromatic rings. The zero-order chi connectivity index (χ0) is 24.5. The van der Waals surface area contributed by atoms with Crippen molar-refractivity contribution in [3.05, 3.63) is 124 Å². The van der Waals surface area contributed by atoms with Crippen LogP contribution in [-0.4, -0.2) is 0 Å². The quantitative estimate of drug-likeness (QED) is 0.332. The molecule has 0 unspecified atom stereocenters. The first-order valence-electron chi connectivity index (χ1n) is 14.2. The fraction of sp³-hybridized carbons (Fsp3) is 0.333. The molecular formula is C36H38. The second-order valence-electron chi connectivity index (χ2n) is 10.8. The summed E-state index contributed by atoms with van der Waals surface area (Å²) in [5.74, 6) is 0. The molecule has 0 heteroatoms. The highest BCUT2D eigenvalue weighted by atomic mass is 14.5. The number of hydrogen-bond donors (Lipinski definition) is 0. The van der Waals surface area contributed by atoms with Gasteiger partial charge in [0.25, 0.3) is 0 Å². The maximum atomic E-state index is 4.16. The summed E-state index contributed by atoms with van der Waals surface area (Å²) in [4.78, 5) is 0. The second kappa shape index (κ2) is 9.74. The molecule has 3 aliphatic carbocycles. The topological polar surface area (TPSA) is 0 Å². The van der Waals surface area contributed by atoms with E-state index in [2.05, 4.69) is 86.3 Å². The van der Waals surface area contributed by atoms with Crippen molar-refractivity contribution in [2.24, 2.45) is 0 Å². The molecule has 3 aromatic carbocycles. The molecule has 0 aliphatic heterocycles. The maximum absolute atomic E-state index is 4.16. The third-order valence-electron chi connectivity index (χ3n) is 8.88. The third kappa shape index (κ3) is 3.41. The van der Waals surface area contributed by atoms with Gasteiger partial charge in [-0.25, -0.2) is 0 Å². The van der Waals surface area contributed by atoms with E-state index in [1.165, 1.54) is 95.9 Å². The van der Waals surface area contributed by atoms with Crippen molar-refractivity contribution in [3.63, 3.8) is 0 Å². The van der Waals surface area contributed by atoms with E-state index < -0.39 is 0 Å². The zero-order valence-corrected chi connectivity index (χ0v) is 21.8. The van der Waals surface area contributed by atoms with Crippen molar-refractivity contribution in [3.8, 4) is 11.1 Å². The van der Waals surface area contributed by atoms with Crippen LogP contribution in [0.5, 0.6) is 0 Å². The summed E-state index contributed by atoms with van der Waals surface area (Å²) >= 11 is 0. The van der Waals surface area contributed by atoms with E-state index >= 15 is 0 Å². The lowest BCUT2D eigenvalue weighted by Crippen LogP contribution is -2.27. The summed E-state index contributed by atoms with van der Waals surface area (Å²) in [7, 11) is 0. The highest BCUT2D eigenvalue weighted by Crippen LogP contribution is 2.65. The Hall–Kier alpha value is -3.12. The minimum absolute atomic E-state index is 0.242. The molecule has 0 saturated carbocycles. The van der Waals surface area contributed by atoms with E-state index in [0.717, 1.165) is 12.8 Å². The van der Waals surface area contributed by atoms with Crippen LogP contribution in [0.25, 0.3) is 16.7 Å². The van der Waals surface area contributed by atoms with Crippen molar-refractivity contribution < 1.29 is 0 Å². The van der Waals surface area contributed by atoms with Gasteiger partial charge < -0.3 is 0 Å². The number of rotatable bonds is 1. The Balaban J connectivity index is 1.71. The van der Waals surface area contributed by atoms with Crippen LogP contribution >= 0.6 is 0 Å². The number of allylic oxidation sites excluding steroid dienone is 5. The normalized spacial score (nSPS) is 20.8. The monoisotopic (exact) mass is 470 g/mol. The standard InChI is InChI=1S/C36H38/c1-3-17-30-31(4-2)36(32-22-15-13-20-28(32)29-21-14-16-23-33(29)36)35-27-19-12-10-8-6-5-7-9-11-18-26(24-25-27)34(30)35/h3-4,13-17,20-25H,1,5-12,18-19H2,2H3/b30-17?,31-4+. The van der Waals surface area contributed by atoms with Crippen molar-refractivity contribution in [1.29, 1.82) is 0 Å². The van der Waals surface area contributed by atoms with Gasteiger partial charge in [-0.05, 0) is 88.3 Å². The van der Waals surface area contributed by atoms with Crippen LogP contribution in [0.1, 0.15) is 91.7 Å². The van der Waals surface area contributed by atoms with E-state index in [0.29, 0.717) is 0 Å². The minimum atomic E-state index is -0.242. The van der Waals surface area contributed by atoms with Gasteiger partial charge in [-0.1, -0.05) is 124 Å². The highest BCUT2D eigenvalue weighted by Gasteiger charge is 2.54. The first kappa shape index (κ1) is 23.3. The maximum Gasteiger partial charge on any atom is 0.0725 e. The Kier molecular flexibility index (Phi) is 6.30. The van der Waals surface area contributed by atoms with Crippen LogP contribution in [-0.2, 0) is 18.3 Å². The SMILES string of the molecule is C=CC=C1/C(=C\C)C2(c3ccccc3-c3ccccc32)c2c3ccc(c21)CCCCCCCCCC3. The van der Waals surface area contributed by atoms with Gasteiger partial charge in [0.2, 0.25) is 0 Å². The fourth-order valence-electron chi connectivity index (χ4n) is 7.46. The lowest BCUT2D eigenvalue weighted by atomic mass is 9.68. The van der Waals surface area contributed by atoms with Crippen LogP contribution in [0.15, 0.2) is 91.0 Å². The van der Waals surface area contributed by atoms with Gasteiger partial charge in [0.1, 0.15) is 0 Å². The Bertz CT molecular complexity index is 1320. The van der Waals surface area contributed by atoms with Gasteiger partial charge in [-0.2, -0.15) is 0 Å². The highest BCUT2D eigenvalue weighted by molar-refractivity contribution is 6.01. The predicted octanol–water partition coefficient (Wildman–Crippen LogP) is 9.75. The molecular weight excluding hydrogens is 432 g/mol. The summed E-state index contributed by atoms with van der Waals surface area (Å²) in [6.07, 6.45) is 19.8. The van der Waals surface area contributed by atoms with Crippen molar-refractivity contribution in [2.75, 3.05) is 0 Å². The van der Waals surface area contributed by atoms with Gasteiger partial charge in [0, 0.05) is 0 Å². The molecule has 0 amide bonds. The van der Waals surface area contributed by atoms with Gasteiger partial charge in [-0.3, -0.25) is 0 Å². The van der Waals surface area contributed by atoms with Gasteiger partial charge in [0.15, 0.2) is 0 Å². The number of benzene rings is 3. The minimum Gasteiger partial charge on any atom is -0.0990 e. The molecule has 1 spiro atoms. The van der Waals surface area contributed by atoms with Crippen molar-refractivity contribution >= 4 is 5.57 Å². The summed E-state index contributed by atoms with van der Waals surface area (Å²) in [5, 5.41) is 0. The van der Waals surface area contributed by atoms with Gasteiger partial charge in [-0.15, -0.1) is 0 Å². The average molecular weight is 471 g/mol. The Morgan fingerprint density at radius 2 is 1.19 bits per heavy atom. The molecule has 0 fully saturated rings. The smallest absolute Gasteiger partial charge is 0.0725 e. The van der Waals surface area contributed by atoms with E-state index in [9.17, 15) is 0 Å². The average Bonchev–Trinajstić information content (AvgIpc) is 3.37. The molecule has 0 aromatic heterocycles. The first-order valence-corrected chi connectivity index (χ1v) is 14.2. The van der Waals surface area contributed by atoms with E-state index in [4.69, 9.17) is 0 Å². The van der Waals surface area contributed by atoms with E-state index in [1.54, 1.807) is 11.1 Å². The number of fused-ring (bicyclic) bond motifs is 12. The molecule has 6 rings (SSSR count). The second-order valence-corrected chi connectivity index (χ2v) is 10.8. The zero-order valence-electron chi connectivity index (χ0n) is 21.8. The van der Waals surface area contributed by atoms with Crippen LogP contribution in [0.2, 0.25) is 0 Å². The van der Waals surface area contributed by atoms with Gasteiger partial charge >= 0.3 is 0 Å². The molecule has 0 radical (unpaired) electrons. The Labute approximate surface area is 217 Å².